The van der Waals surface area contributed by atoms with Gasteiger partial charge in [0.2, 0.25) is 11.8 Å². The van der Waals surface area contributed by atoms with Gasteiger partial charge < -0.3 is 14.6 Å². The summed E-state index contributed by atoms with van der Waals surface area (Å²) in [6.45, 7) is -0.807. The summed E-state index contributed by atoms with van der Waals surface area (Å²) in [5.74, 6) is -1.55. The lowest BCUT2D eigenvalue weighted by atomic mass is 10.2. The number of rotatable bonds is 4. The number of nitrogens with zero attached hydrogens (tertiary/aromatic N) is 2. The van der Waals surface area contributed by atoms with Gasteiger partial charge in [-0.1, -0.05) is 0 Å². The predicted molar refractivity (Wildman–Crippen MR) is 50.0 cm³/mol. The van der Waals surface area contributed by atoms with Crippen LogP contribution in [-0.2, 0) is 6.61 Å². The third-order valence-corrected chi connectivity index (χ3v) is 1.81. The molecule has 0 fully saturated rings. The first-order valence-corrected chi connectivity index (χ1v) is 4.37. The van der Waals surface area contributed by atoms with Crippen LogP contribution < -0.4 is 9.47 Å². The Balaban J connectivity index is 3.32. The van der Waals surface area contributed by atoms with E-state index in [1.165, 1.54) is 0 Å². The second-order valence-electron chi connectivity index (χ2n) is 2.93. The Kier molecular flexibility index (Phi) is 3.91. The molecule has 0 atom stereocenters. The molecular weight excluding hydrogens is 261 g/mol. The number of aliphatic hydroxyl groups excluding tert-OH is 1. The van der Waals surface area contributed by atoms with Crippen LogP contribution in [-0.4, -0.2) is 28.5 Å². The molecule has 10 heteroatoms. The fourth-order valence-electron chi connectivity index (χ4n) is 1.16. The monoisotopic (exact) mass is 268 g/mol. The molecule has 0 aliphatic rings. The van der Waals surface area contributed by atoms with Crippen molar-refractivity contribution in [3.8, 4) is 11.8 Å². The minimum absolute atomic E-state index is 0.336. The molecule has 0 unspecified atom stereocenters. The number of ether oxygens (including phenoxy) is 2. The molecule has 0 amide bonds. The summed E-state index contributed by atoms with van der Waals surface area (Å²) in [4.78, 5) is 12.9. The molecule has 1 N–H and O–H groups in total. The van der Waals surface area contributed by atoms with E-state index >= 15 is 0 Å². The first-order valence-electron chi connectivity index (χ1n) is 4.37. The first-order chi connectivity index (χ1) is 8.28. The molecule has 7 nitrogen and oxygen atoms in total. The smallest absolute Gasteiger partial charge is 0.480 e. The van der Waals surface area contributed by atoms with E-state index in [-0.39, 0.29) is 5.56 Å². The quantitative estimate of drug-likeness (QED) is 0.655. The predicted octanol–water partition coefficient (Wildman–Crippen LogP) is 1.39. The van der Waals surface area contributed by atoms with Gasteiger partial charge in [0.15, 0.2) is 0 Å². The van der Waals surface area contributed by atoms with Crippen molar-refractivity contribution in [3.05, 3.63) is 21.7 Å². The van der Waals surface area contributed by atoms with Gasteiger partial charge in [-0.15, -0.1) is 13.2 Å². The van der Waals surface area contributed by atoms with Crippen molar-refractivity contribution < 1.29 is 32.7 Å². The number of pyridine rings is 1. The molecule has 1 aromatic rings. The molecular formula is C8H7F3N2O5. The molecule has 1 rings (SSSR count). The Morgan fingerprint density at radius 2 is 2.17 bits per heavy atom. The normalized spacial score (nSPS) is 11.2. The number of alkyl halides is 3. The maximum atomic E-state index is 12.0. The highest BCUT2D eigenvalue weighted by Gasteiger charge is 2.33. The fourth-order valence-corrected chi connectivity index (χ4v) is 1.16. The Hall–Kier alpha value is -2.10. The van der Waals surface area contributed by atoms with Crippen molar-refractivity contribution in [2.75, 3.05) is 7.11 Å². The molecule has 0 bridgehead atoms. The van der Waals surface area contributed by atoms with E-state index < -0.39 is 35.3 Å². The van der Waals surface area contributed by atoms with E-state index in [4.69, 9.17) is 5.11 Å². The second-order valence-corrected chi connectivity index (χ2v) is 2.93. The number of hydrogen-bond acceptors (Lipinski definition) is 6. The number of halogens is 3. The molecule has 1 aromatic heterocycles. The van der Waals surface area contributed by atoms with E-state index in [0.717, 1.165) is 7.11 Å². The zero-order valence-corrected chi connectivity index (χ0v) is 8.89. The highest BCUT2D eigenvalue weighted by Crippen LogP contribution is 2.32. The number of nitro groups is 1. The largest absolute Gasteiger partial charge is 0.574 e. The van der Waals surface area contributed by atoms with E-state index in [9.17, 15) is 23.3 Å². The van der Waals surface area contributed by atoms with Crippen molar-refractivity contribution in [2.45, 2.75) is 13.0 Å². The molecule has 0 saturated heterocycles. The molecule has 18 heavy (non-hydrogen) atoms. The number of aromatic nitrogens is 1. The molecule has 0 aliphatic carbocycles. The maximum Gasteiger partial charge on any atom is 0.574 e. The van der Waals surface area contributed by atoms with Crippen LogP contribution in [0.5, 0.6) is 11.8 Å². The lowest BCUT2D eigenvalue weighted by Gasteiger charge is -2.11. The van der Waals surface area contributed by atoms with E-state index in [2.05, 4.69) is 14.5 Å². The maximum absolute atomic E-state index is 12.0. The van der Waals surface area contributed by atoms with Crippen molar-refractivity contribution in [1.82, 2.24) is 4.98 Å². The average Bonchev–Trinajstić information content (AvgIpc) is 2.25. The Morgan fingerprint density at radius 3 is 2.56 bits per heavy atom. The minimum atomic E-state index is -5.04. The number of methoxy groups -OCH3 is 1. The second kappa shape index (κ2) is 5.04. The van der Waals surface area contributed by atoms with Gasteiger partial charge in [-0.3, -0.25) is 10.1 Å². The van der Waals surface area contributed by atoms with E-state index in [1.807, 2.05) is 0 Å². The fraction of sp³-hybridized carbons (Fsp3) is 0.375. The average molecular weight is 268 g/mol. The summed E-state index contributed by atoms with van der Waals surface area (Å²) in [6, 6.07) is 0.460. The van der Waals surface area contributed by atoms with Crippen LogP contribution in [0.1, 0.15) is 5.56 Å². The molecule has 0 saturated carbocycles. The van der Waals surface area contributed by atoms with Gasteiger partial charge in [-0.05, 0) is 0 Å². The van der Waals surface area contributed by atoms with Gasteiger partial charge in [0.1, 0.15) is 5.56 Å². The van der Waals surface area contributed by atoms with Gasteiger partial charge in [0, 0.05) is 0 Å². The van der Waals surface area contributed by atoms with Crippen LogP contribution in [0.25, 0.3) is 0 Å². The van der Waals surface area contributed by atoms with Gasteiger partial charge >= 0.3 is 6.36 Å². The van der Waals surface area contributed by atoms with Crippen LogP contribution in [0.4, 0.5) is 18.9 Å². The molecule has 1 heterocycles. The summed E-state index contributed by atoms with van der Waals surface area (Å²) in [5.41, 5.74) is -1.11. The van der Waals surface area contributed by atoms with Crippen LogP contribution in [0, 0.1) is 10.1 Å². The number of hydrogen-bond donors (Lipinski definition) is 1. The molecule has 0 spiro atoms. The molecule has 100 valence electrons. The topological polar surface area (TPSA) is 94.7 Å². The first kappa shape index (κ1) is 14.0. The summed E-state index contributed by atoms with van der Waals surface area (Å²) in [6.07, 6.45) is -5.04. The summed E-state index contributed by atoms with van der Waals surface area (Å²) in [7, 11) is 1.04. The van der Waals surface area contributed by atoms with Crippen LogP contribution in [0.3, 0.4) is 0 Å². The van der Waals surface area contributed by atoms with Crippen molar-refractivity contribution >= 4 is 5.69 Å². The highest BCUT2D eigenvalue weighted by atomic mass is 19.4. The SMILES string of the molecule is COc1nc(OC(F)(F)F)cc([N+](=O)[O-])c1CO. The van der Waals surface area contributed by atoms with Crippen LogP contribution >= 0.6 is 0 Å². The minimum Gasteiger partial charge on any atom is -0.480 e. The molecule has 0 aromatic carbocycles. The standard InChI is InChI=1S/C8H7F3N2O5/c1-17-7-4(3-14)5(13(15)16)2-6(12-7)18-8(9,10)11/h2,14H,3H2,1H3. The van der Waals surface area contributed by atoms with Gasteiger partial charge in [0.05, 0.1) is 24.7 Å². The van der Waals surface area contributed by atoms with Crippen molar-refractivity contribution in [2.24, 2.45) is 0 Å². The Morgan fingerprint density at radius 1 is 1.56 bits per heavy atom. The third-order valence-electron chi connectivity index (χ3n) is 1.81. The van der Waals surface area contributed by atoms with Crippen LogP contribution in [0.2, 0.25) is 0 Å². The molecule has 0 aliphatic heterocycles. The Labute approximate surface area is 97.9 Å². The van der Waals surface area contributed by atoms with Gasteiger partial charge in [0.25, 0.3) is 5.69 Å². The van der Waals surface area contributed by atoms with Crippen molar-refractivity contribution in [3.63, 3.8) is 0 Å². The van der Waals surface area contributed by atoms with Crippen molar-refractivity contribution in [1.29, 1.82) is 0 Å². The van der Waals surface area contributed by atoms with Crippen LogP contribution in [0.15, 0.2) is 6.07 Å². The lowest BCUT2D eigenvalue weighted by molar-refractivity contribution is -0.386. The zero-order chi connectivity index (χ0) is 13.9. The van der Waals surface area contributed by atoms with Gasteiger partial charge in [-0.25, -0.2) is 0 Å². The Bertz CT molecular complexity index is 463. The lowest BCUT2D eigenvalue weighted by Crippen LogP contribution is -2.18. The van der Waals surface area contributed by atoms with E-state index in [1.54, 1.807) is 0 Å². The zero-order valence-electron chi connectivity index (χ0n) is 8.89. The summed E-state index contributed by atoms with van der Waals surface area (Å²) < 4.78 is 43.9. The highest BCUT2D eigenvalue weighted by molar-refractivity contribution is 5.48. The molecule has 0 radical (unpaired) electrons. The van der Waals surface area contributed by atoms with E-state index in [0.29, 0.717) is 6.07 Å². The summed E-state index contributed by atoms with van der Waals surface area (Å²) >= 11 is 0. The van der Waals surface area contributed by atoms with Gasteiger partial charge in [-0.2, -0.15) is 4.98 Å². The number of aliphatic hydroxyl groups is 1. The summed E-state index contributed by atoms with van der Waals surface area (Å²) in [5, 5.41) is 19.6. The third kappa shape index (κ3) is 3.20.